The van der Waals surface area contributed by atoms with Gasteiger partial charge in [-0.2, -0.15) is 0 Å². The molecule has 4 heteroatoms. The van der Waals surface area contributed by atoms with Crippen molar-refractivity contribution in [3.63, 3.8) is 0 Å². The molecule has 0 unspecified atom stereocenters. The molecule has 2 heterocycles. The van der Waals surface area contributed by atoms with Crippen LogP contribution in [0.25, 0.3) is 0 Å². The summed E-state index contributed by atoms with van der Waals surface area (Å²) in [5.74, 6) is 0.850. The van der Waals surface area contributed by atoms with Crippen LogP contribution in [0, 0.1) is 0 Å². The van der Waals surface area contributed by atoms with Gasteiger partial charge in [0.05, 0.1) is 13.3 Å². The molecule has 2 aliphatic rings. The fourth-order valence-electron chi connectivity index (χ4n) is 4.34. The van der Waals surface area contributed by atoms with Gasteiger partial charge >= 0.3 is 0 Å². The van der Waals surface area contributed by atoms with Gasteiger partial charge in [0.1, 0.15) is 5.75 Å². The van der Waals surface area contributed by atoms with E-state index in [2.05, 4.69) is 42.2 Å². The van der Waals surface area contributed by atoms with Crippen LogP contribution < -0.4 is 9.64 Å². The van der Waals surface area contributed by atoms with E-state index in [-0.39, 0.29) is 11.6 Å². The number of anilines is 1. The zero-order chi connectivity index (χ0) is 16.7. The number of ether oxygens (including phenoxy) is 1. The maximum Gasteiger partial charge on any atom is 0.215 e. The Kier molecular flexibility index (Phi) is 3.57. The summed E-state index contributed by atoms with van der Waals surface area (Å²) in [4.78, 5) is 16.2. The Balaban J connectivity index is 1.72. The standard InChI is InChI=1S/C20H22N2O2/c1-20-10-11-21(13-15-6-4-3-5-7-15)19(20)22(14-23)18-9-8-16(24-2)12-17(18)20/h3-9,12,14,19H,10-11,13H2,1-2H3/t19-,20+/m1/s1. The van der Waals surface area contributed by atoms with E-state index in [9.17, 15) is 4.79 Å². The molecule has 2 aromatic carbocycles. The predicted molar refractivity (Wildman–Crippen MR) is 94.1 cm³/mol. The zero-order valence-electron chi connectivity index (χ0n) is 14.1. The van der Waals surface area contributed by atoms with E-state index in [0.29, 0.717) is 0 Å². The molecule has 124 valence electrons. The van der Waals surface area contributed by atoms with Crippen molar-refractivity contribution in [1.82, 2.24) is 4.90 Å². The van der Waals surface area contributed by atoms with E-state index in [0.717, 1.165) is 37.4 Å². The molecule has 2 atom stereocenters. The summed E-state index contributed by atoms with van der Waals surface area (Å²) < 4.78 is 5.40. The van der Waals surface area contributed by atoms with E-state index in [4.69, 9.17) is 4.74 Å². The van der Waals surface area contributed by atoms with E-state index < -0.39 is 0 Å². The Morgan fingerprint density at radius 1 is 1.25 bits per heavy atom. The first-order valence-electron chi connectivity index (χ1n) is 8.37. The maximum absolute atomic E-state index is 11.9. The summed E-state index contributed by atoms with van der Waals surface area (Å²) >= 11 is 0. The summed E-state index contributed by atoms with van der Waals surface area (Å²) in [6, 6.07) is 16.5. The van der Waals surface area contributed by atoms with Crippen molar-refractivity contribution in [3.05, 3.63) is 59.7 Å². The summed E-state index contributed by atoms with van der Waals surface area (Å²) in [7, 11) is 1.68. The molecule has 2 aliphatic heterocycles. The molecule has 1 amide bonds. The number of rotatable bonds is 4. The lowest BCUT2D eigenvalue weighted by Crippen LogP contribution is -2.48. The predicted octanol–water partition coefficient (Wildman–Crippen LogP) is 3.16. The van der Waals surface area contributed by atoms with Gasteiger partial charge in [-0.05, 0) is 35.7 Å². The second-order valence-corrected chi connectivity index (χ2v) is 6.89. The maximum atomic E-state index is 11.9. The number of benzene rings is 2. The van der Waals surface area contributed by atoms with Crippen LogP contribution in [0.1, 0.15) is 24.5 Å². The third-order valence-corrected chi connectivity index (χ3v) is 5.54. The fraction of sp³-hybridized carbons (Fsp3) is 0.350. The van der Waals surface area contributed by atoms with Crippen molar-refractivity contribution in [2.75, 3.05) is 18.6 Å². The quantitative estimate of drug-likeness (QED) is 0.811. The molecule has 0 spiro atoms. The van der Waals surface area contributed by atoms with Crippen LogP contribution in [0.15, 0.2) is 48.5 Å². The third-order valence-electron chi connectivity index (χ3n) is 5.54. The molecule has 24 heavy (non-hydrogen) atoms. The Hall–Kier alpha value is -2.33. The fourth-order valence-corrected chi connectivity index (χ4v) is 4.34. The number of likely N-dealkylation sites (tertiary alicyclic amines) is 1. The molecule has 0 aliphatic carbocycles. The highest BCUT2D eigenvalue weighted by Gasteiger charge is 2.54. The lowest BCUT2D eigenvalue weighted by Gasteiger charge is -2.33. The number of nitrogens with zero attached hydrogens (tertiary/aromatic N) is 2. The lowest BCUT2D eigenvalue weighted by atomic mass is 9.81. The summed E-state index contributed by atoms with van der Waals surface area (Å²) in [6.07, 6.45) is 2.08. The Morgan fingerprint density at radius 2 is 2.04 bits per heavy atom. The SMILES string of the molecule is COc1ccc2c(c1)[C@]1(C)CCN(Cc3ccccc3)[C@@H]1N2C=O. The molecule has 0 aromatic heterocycles. The normalized spacial score (nSPS) is 25.4. The van der Waals surface area contributed by atoms with E-state index >= 15 is 0 Å². The largest absolute Gasteiger partial charge is 0.497 e. The van der Waals surface area contributed by atoms with Gasteiger partial charge in [-0.3, -0.25) is 14.6 Å². The van der Waals surface area contributed by atoms with Gasteiger partial charge in [-0.1, -0.05) is 37.3 Å². The van der Waals surface area contributed by atoms with Crippen LogP contribution in [-0.2, 0) is 16.8 Å². The first-order chi connectivity index (χ1) is 11.7. The first kappa shape index (κ1) is 15.2. The van der Waals surface area contributed by atoms with Crippen LogP contribution in [0.4, 0.5) is 5.69 Å². The smallest absolute Gasteiger partial charge is 0.215 e. The van der Waals surface area contributed by atoms with Crippen molar-refractivity contribution in [2.24, 2.45) is 0 Å². The summed E-state index contributed by atoms with van der Waals surface area (Å²) in [6.45, 7) is 4.11. The van der Waals surface area contributed by atoms with Gasteiger partial charge in [-0.25, -0.2) is 0 Å². The summed E-state index contributed by atoms with van der Waals surface area (Å²) in [5.41, 5.74) is 3.45. The highest BCUT2D eigenvalue weighted by Crippen LogP contribution is 2.52. The Bertz CT molecular complexity index is 761. The van der Waals surface area contributed by atoms with E-state index in [1.54, 1.807) is 7.11 Å². The zero-order valence-corrected chi connectivity index (χ0v) is 14.1. The van der Waals surface area contributed by atoms with Gasteiger partial charge in [0.15, 0.2) is 0 Å². The topological polar surface area (TPSA) is 32.8 Å². The molecule has 1 fully saturated rings. The molecule has 0 bridgehead atoms. The second kappa shape index (κ2) is 5.64. The van der Waals surface area contributed by atoms with Gasteiger partial charge < -0.3 is 4.74 Å². The number of carbonyl (C=O) groups excluding carboxylic acids is 1. The molecule has 0 N–H and O–H groups in total. The van der Waals surface area contributed by atoms with Crippen molar-refractivity contribution in [2.45, 2.75) is 31.5 Å². The molecular weight excluding hydrogens is 300 g/mol. The molecule has 4 nitrogen and oxygen atoms in total. The monoisotopic (exact) mass is 322 g/mol. The molecule has 1 saturated heterocycles. The Morgan fingerprint density at radius 3 is 2.75 bits per heavy atom. The van der Waals surface area contributed by atoms with Crippen LogP contribution in [0.2, 0.25) is 0 Å². The number of hydrogen-bond acceptors (Lipinski definition) is 3. The molecule has 2 aromatic rings. The van der Waals surface area contributed by atoms with Crippen molar-refractivity contribution in [3.8, 4) is 5.75 Å². The molecule has 0 radical (unpaired) electrons. The highest BCUT2D eigenvalue weighted by molar-refractivity contribution is 5.83. The van der Waals surface area contributed by atoms with E-state index in [1.807, 2.05) is 23.1 Å². The summed E-state index contributed by atoms with van der Waals surface area (Å²) in [5, 5.41) is 0. The number of carbonyl (C=O) groups is 1. The minimum absolute atomic E-state index is 0.0560. The number of hydrogen-bond donors (Lipinski definition) is 0. The lowest BCUT2D eigenvalue weighted by molar-refractivity contribution is -0.108. The second-order valence-electron chi connectivity index (χ2n) is 6.89. The highest BCUT2D eigenvalue weighted by atomic mass is 16.5. The van der Waals surface area contributed by atoms with Crippen molar-refractivity contribution < 1.29 is 9.53 Å². The third kappa shape index (κ3) is 2.13. The van der Waals surface area contributed by atoms with Crippen LogP contribution in [-0.4, -0.2) is 31.1 Å². The molecular formula is C20H22N2O2. The van der Waals surface area contributed by atoms with Gasteiger partial charge in [0.25, 0.3) is 0 Å². The van der Waals surface area contributed by atoms with Gasteiger partial charge in [-0.15, -0.1) is 0 Å². The van der Waals surface area contributed by atoms with Crippen LogP contribution in [0.3, 0.4) is 0 Å². The minimum Gasteiger partial charge on any atom is -0.497 e. The number of methoxy groups -OCH3 is 1. The average molecular weight is 322 g/mol. The first-order valence-corrected chi connectivity index (χ1v) is 8.37. The van der Waals surface area contributed by atoms with Crippen LogP contribution in [0.5, 0.6) is 5.75 Å². The molecule has 4 rings (SSSR count). The number of fused-ring (bicyclic) bond motifs is 3. The van der Waals surface area contributed by atoms with Crippen molar-refractivity contribution >= 4 is 12.1 Å². The van der Waals surface area contributed by atoms with Crippen LogP contribution >= 0.6 is 0 Å². The van der Waals surface area contributed by atoms with E-state index in [1.165, 1.54) is 11.1 Å². The number of amides is 1. The average Bonchev–Trinajstić information content (AvgIpc) is 3.07. The Labute approximate surface area is 142 Å². The molecule has 0 saturated carbocycles. The van der Waals surface area contributed by atoms with Gasteiger partial charge in [0, 0.05) is 24.2 Å². The van der Waals surface area contributed by atoms with Crippen molar-refractivity contribution in [1.29, 1.82) is 0 Å². The van der Waals surface area contributed by atoms with Gasteiger partial charge in [0.2, 0.25) is 6.41 Å². The minimum atomic E-state index is -0.0560.